The van der Waals surface area contributed by atoms with Gasteiger partial charge in [0.1, 0.15) is 11.6 Å². The number of nitrogens with one attached hydrogen (secondary N) is 1. The minimum Gasteiger partial charge on any atom is -0.310 e. The molecule has 106 valence electrons. The van der Waals surface area contributed by atoms with Gasteiger partial charge >= 0.3 is 0 Å². The average Bonchev–Trinajstić information content (AvgIpc) is 2.43. The van der Waals surface area contributed by atoms with Gasteiger partial charge in [-0.2, -0.15) is 0 Å². The maximum absolute atomic E-state index is 13.8. The number of likely N-dealkylation sites (N-methyl/N-ethyl adjacent to an activating group) is 1. The number of halogens is 3. The van der Waals surface area contributed by atoms with E-state index in [-0.39, 0.29) is 6.04 Å². The smallest absolute Gasteiger partial charge is 0.126 e. The fourth-order valence-electron chi connectivity index (χ4n) is 2.22. The summed E-state index contributed by atoms with van der Waals surface area (Å²) in [4.78, 5) is 0. The standard InChI is InChI=1S/C16H16ClF2N/c1-2-20-16(13-5-3-4-6-14(13)17)10-11-9-12(18)7-8-15(11)19/h3-9,16,20H,2,10H2,1H3. The first-order valence-electron chi connectivity index (χ1n) is 6.53. The molecule has 2 aromatic rings. The van der Waals surface area contributed by atoms with Gasteiger partial charge in [-0.3, -0.25) is 0 Å². The van der Waals surface area contributed by atoms with Crippen LogP contribution in [0.15, 0.2) is 42.5 Å². The van der Waals surface area contributed by atoms with E-state index >= 15 is 0 Å². The minimum absolute atomic E-state index is 0.148. The fraction of sp³-hybridized carbons (Fsp3) is 0.250. The molecule has 2 aromatic carbocycles. The maximum Gasteiger partial charge on any atom is 0.126 e. The lowest BCUT2D eigenvalue weighted by atomic mass is 9.98. The zero-order chi connectivity index (χ0) is 14.5. The van der Waals surface area contributed by atoms with E-state index in [4.69, 9.17) is 11.6 Å². The van der Waals surface area contributed by atoms with Crippen LogP contribution in [0.25, 0.3) is 0 Å². The van der Waals surface area contributed by atoms with E-state index in [1.807, 2.05) is 25.1 Å². The number of benzene rings is 2. The molecule has 0 aliphatic heterocycles. The highest BCUT2D eigenvalue weighted by Crippen LogP contribution is 2.26. The molecule has 1 unspecified atom stereocenters. The summed E-state index contributed by atoms with van der Waals surface area (Å²) in [5.74, 6) is -0.836. The van der Waals surface area contributed by atoms with Crippen molar-refractivity contribution in [3.63, 3.8) is 0 Å². The number of rotatable bonds is 5. The van der Waals surface area contributed by atoms with Crippen molar-refractivity contribution in [3.8, 4) is 0 Å². The third kappa shape index (κ3) is 3.56. The second kappa shape index (κ2) is 6.82. The van der Waals surface area contributed by atoms with E-state index < -0.39 is 11.6 Å². The molecule has 0 saturated heterocycles. The summed E-state index contributed by atoms with van der Waals surface area (Å²) in [5, 5.41) is 3.88. The molecule has 0 saturated carbocycles. The predicted molar refractivity (Wildman–Crippen MR) is 77.9 cm³/mol. The zero-order valence-corrected chi connectivity index (χ0v) is 11.9. The van der Waals surface area contributed by atoms with Crippen LogP contribution in [0, 0.1) is 11.6 Å². The quantitative estimate of drug-likeness (QED) is 0.855. The molecule has 0 bridgehead atoms. The van der Waals surface area contributed by atoms with Crippen LogP contribution in [-0.2, 0) is 6.42 Å². The van der Waals surface area contributed by atoms with Gasteiger partial charge in [0.15, 0.2) is 0 Å². The van der Waals surface area contributed by atoms with Crippen molar-refractivity contribution in [1.29, 1.82) is 0 Å². The van der Waals surface area contributed by atoms with Gasteiger partial charge in [-0.25, -0.2) is 8.78 Å². The molecule has 1 atom stereocenters. The van der Waals surface area contributed by atoms with Gasteiger partial charge in [-0.1, -0.05) is 36.7 Å². The van der Waals surface area contributed by atoms with Crippen LogP contribution in [0.2, 0.25) is 5.02 Å². The lowest BCUT2D eigenvalue weighted by molar-refractivity contribution is 0.522. The van der Waals surface area contributed by atoms with Crippen LogP contribution in [0.5, 0.6) is 0 Å². The van der Waals surface area contributed by atoms with Crippen molar-refractivity contribution in [2.24, 2.45) is 0 Å². The normalized spacial score (nSPS) is 12.4. The highest BCUT2D eigenvalue weighted by atomic mass is 35.5. The van der Waals surface area contributed by atoms with Crippen LogP contribution in [-0.4, -0.2) is 6.54 Å². The van der Waals surface area contributed by atoms with Crippen molar-refractivity contribution in [3.05, 3.63) is 70.2 Å². The second-order valence-corrected chi connectivity index (χ2v) is 4.98. The van der Waals surface area contributed by atoms with E-state index in [0.29, 0.717) is 23.6 Å². The van der Waals surface area contributed by atoms with E-state index in [0.717, 1.165) is 17.7 Å². The Bertz CT molecular complexity index is 586. The molecule has 0 aliphatic rings. The molecule has 0 amide bonds. The Morgan fingerprint density at radius 2 is 1.90 bits per heavy atom. The summed E-state index contributed by atoms with van der Waals surface area (Å²) in [5.41, 5.74) is 1.23. The molecule has 0 spiro atoms. The first-order chi connectivity index (χ1) is 9.61. The Morgan fingerprint density at radius 3 is 2.60 bits per heavy atom. The van der Waals surface area contributed by atoms with Crippen molar-refractivity contribution in [1.82, 2.24) is 5.32 Å². The van der Waals surface area contributed by atoms with Crippen LogP contribution >= 0.6 is 11.6 Å². The molecule has 20 heavy (non-hydrogen) atoms. The molecular weight excluding hydrogens is 280 g/mol. The molecule has 0 aliphatic carbocycles. The fourth-order valence-corrected chi connectivity index (χ4v) is 2.48. The van der Waals surface area contributed by atoms with Gasteiger partial charge in [0.05, 0.1) is 0 Å². The molecule has 0 radical (unpaired) electrons. The summed E-state index contributed by atoms with van der Waals surface area (Å²) in [6.07, 6.45) is 0.348. The molecule has 0 heterocycles. The Labute approximate surface area is 122 Å². The average molecular weight is 296 g/mol. The number of hydrogen-bond acceptors (Lipinski definition) is 1. The molecule has 0 aromatic heterocycles. The minimum atomic E-state index is -0.434. The Kier molecular flexibility index (Phi) is 5.10. The van der Waals surface area contributed by atoms with Crippen molar-refractivity contribution >= 4 is 11.6 Å². The Hall–Kier alpha value is -1.45. The van der Waals surface area contributed by atoms with Crippen molar-refractivity contribution in [2.45, 2.75) is 19.4 Å². The molecule has 4 heteroatoms. The van der Waals surface area contributed by atoms with Gasteiger partial charge in [0, 0.05) is 11.1 Å². The van der Waals surface area contributed by atoms with Crippen LogP contribution in [0.1, 0.15) is 24.1 Å². The highest BCUT2D eigenvalue weighted by Gasteiger charge is 2.16. The third-order valence-corrected chi connectivity index (χ3v) is 3.51. The first kappa shape index (κ1) is 14.9. The summed E-state index contributed by atoms with van der Waals surface area (Å²) in [6.45, 7) is 2.68. The third-order valence-electron chi connectivity index (χ3n) is 3.16. The second-order valence-electron chi connectivity index (χ2n) is 4.57. The molecule has 1 nitrogen and oxygen atoms in total. The van der Waals surface area contributed by atoms with Crippen LogP contribution < -0.4 is 5.32 Å². The summed E-state index contributed by atoms with van der Waals surface area (Å²) in [6, 6.07) is 10.8. The first-order valence-corrected chi connectivity index (χ1v) is 6.91. The molecule has 0 fully saturated rings. The summed E-state index contributed by atoms with van der Waals surface area (Å²) < 4.78 is 27.0. The van der Waals surface area contributed by atoms with E-state index in [1.165, 1.54) is 6.07 Å². The lowest BCUT2D eigenvalue weighted by Crippen LogP contribution is -2.23. The maximum atomic E-state index is 13.8. The Balaban J connectivity index is 2.30. The lowest BCUT2D eigenvalue weighted by Gasteiger charge is -2.20. The van der Waals surface area contributed by atoms with E-state index in [1.54, 1.807) is 6.07 Å². The van der Waals surface area contributed by atoms with Gasteiger partial charge in [-0.15, -0.1) is 0 Å². The SMILES string of the molecule is CCNC(Cc1cc(F)ccc1F)c1ccccc1Cl. The molecule has 1 N–H and O–H groups in total. The largest absolute Gasteiger partial charge is 0.310 e. The van der Waals surface area contributed by atoms with Gasteiger partial charge in [0.25, 0.3) is 0 Å². The van der Waals surface area contributed by atoms with Crippen molar-refractivity contribution < 1.29 is 8.78 Å². The van der Waals surface area contributed by atoms with Gasteiger partial charge in [0.2, 0.25) is 0 Å². The van der Waals surface area contributed by atoms with Crippen molar-refractivity contribution in [2.75, 3.05) is 6.54 Å². The summed E-state index contributed by atoms with van der Waals surface area (Å²) >= 11 is 6.18. The molecule has 2 rings (SSSR count). The van der Waals surface area contributed by atoms with E-state index in [9.17, 15) is 8.78 Å². The van der Waals surface area contributed by atoms with E-state index in [2.05, 4.69) is 5.32 Å². The monoisotopic (exact) mass is 295 g/mol. The van der Waals surface area contributed by atoms with Gasteiger partial charge < -0.3 is 5.32 Å². The van der Waals surface area contributed by atoms with Gasteiger partial charge in [-0.05, 0) is 48.4 Å². The predicted octanol–water partition coefficient (Wildman–Crippen LogP) is 4.51. The summed E-state index contributed by atoms with van der Waals surface area (Å²) in [7, 11) is 0. The van der Waals surface area contributed by atoms with Crippen LogP contribution in [0.4, 0.5) is 8.78 Å². The Morgan fingerprint density at radius 1 is 1.15 bits per heavy atom. The highest BCUT2D eigenvalue weighted by molar-refractivity contribution is 6.31. The topological polar surface area (TPSA) is 12.0 Å². The number of hydrogen-bond donors (Lipinski definition) is 1. The zero-order valence-electron chi connectivity index (χ0n) is 11.2. The molecular formula is C16H16ClF2N. The van der Waals surface area contributed by atoms with Crippen LogP contribution in [0.3, 0.4) is 0 Å².